The molecule has 0 saturated heterocycles. The minimum Gasteiger partial charge on any atom is -0.481 e. The lowest BCUT2D eigenvalue weighted by molar-refractivity contribution is -0.142. The quantitative estimate of drug-likeness (QED) is 0.0719. The highest BCUT2D eigenvalue weighted by molar-refractivity contribution is 7.80. The molecule has 4 unspecified atom stereocenters. The molecule has 0 fully saturated rings. The van der Waals surface area contributed by atoms with Crippen molar-refractivity contribution >= 4 is 48.2 Å². The number of primary amides is 1. The van der Waals surface area contributed by atoms with Crippen molar-refractivity contribution in [3.8, 4) is 0 Å². The minimum atomic E-state index is -1.42. The summed E-state index contributed by atoms with van der Waals surface area (Å²) < 4.78 is 0. The molecule has 0 aromatic carbocycles. The van der Waals surface area contributed by atoms with Crippen molar-refractivity contribution < 1.29 is 39.0 Å². The first-order chi connectivity index (χ1) is 15.4. The second-order valence-electron chi connectivity index (χ2n) is 7.20. The van der Waals surface area contributed by atoms with E-state index in [2.05, 4.69) is 28.6 Å². The van der Waals surface area contributed by atoms with Crippen LogP contribution in [0.3, 0.4) is 0 Å². The molecule has 11 N–H and O–H groups in total. The standard InChI is InChI=1S/C18H32N6O8S/c19-6-2-1-3-11(18(31)32)23-16(29)10(4-5-13(21)25)22-17(30)12(8-33)24-15(28)9(20)7-14(26)27/h9-12,33H,1-8,19-20H2,(H2,21,25)(H,22,30)(H,23,29)(H,24,28)(H,26,27)(H,31,32). The van der Waals surface area contributed by atoms with Gasteiger partial charge < -0.3 is 43.4 Å². The van der Waals surface area contributed by atoms with Crippen molar-refractivity contribution in [2.24, 2.45) is 17.2 Å². The van der Waals surface area contributed by atoms with E-state index in [4.69, 9.17) is 22.3 Å². The van der Waals surface area contributed by atoms with Crippen molar-refractivity contribution in [3.05, 3.63) is 0 Å². The molecular formula is C18H32N6O8S. The van der Waals surface area contributed by atoms with E-state index in [1.165, 1.54) is 0 Å². The number of unbranched alkanes of at least 4 members (excludes halogenated alkanes) is 1. The lowest BCUT2D eigenvalue weighted by Gasteiger charge is -2.24. The fourth-order valence-corrected chi connectivity index (χ4v) is 2.86. The SMILES string of the molecule is NCCCCC(NC(=O)C(CCC(N)=O)NC(=O)C(CS)NC(=O)C(N)CC(=O)O)C(=O)O. The molecule has 0 saturated carbocycles. The van der Waals surface area contributed by atoms with Gasteiger partial charge in [0.05, 0.1) is 12.5 Å². The third-order valence-corrected chi connectivity index (χ3v) is 4.79. The zero-order valence-electron chi connectivity index (χ0n) is 18.0. The molecule has 15 heteroatoms. The molecule has 33 heavy (non-hydrogen) atoms. The van der Waals surface area contributed by atoms with Crippen molar-refractivity contribution in [1.82, 2.24) is 16.0 Å². The smallest absolute Gasteiger partial charge is 0.326 e. The van der Waals surface area contributed by atoms with Crippen LogP contribution in [-0.2, 0) is 28.8 Å². The first kappa shape index (κ1) is 30.1. The maximum atomic E-state index is 12.6. The number of nitrogens with one attached hydrogen (secondary N) is 3. The van der Waals surface area contributed by atoms with Gasteiger partial charge in [0.25, 0.3) is 0 Å². The fourth-order valence-electron chi connectivity index (χ4n) is 2.60. The van der Waals surface area contributed by atoms with E-state index in [9.17, 15) is 33.9 Å². The average molecular weight is 493 g/mol. The predicted molar refractivity (Wildman–Crippen MR) is 119 cm³/mol. The largest absolute Gasteiger partial charge is 0.481 e. The van der Waals surface area contributed by atoms with E-state index in [1.54, 1.807) is 0 Å². The summed E-state index contributed by atoms with van der Waals surface area (Å²) in [6.07, 6.45) is -0.0909. The number of nitrogens with two attached hydrogens (primary N) is 3. The number of hydrogen-bond donors (Lipinski definition) is 9. The number of carboxylic acids is 2. The first-order valence-corrected chi connectivity index (χ1v) is 10.8. The van der Waals surface area contributed by atoms with Crippen LogP contribution in [0.15, 0.2) is 0 Å². The molecule has 0 spiro atoms. The Balaban J connectivity index is 5.30. The third-order valence-electron chi connectivity index (χ3n) is 4.42. The second kappa shape index (κ2) is 15.8. The van der Waals surface area contributed by atoms with Crippen molar-refractivity contribution in [3.63, 3.8) is 0 Å². The Hall–Kier alpha value is -2.91. The van der Waals surface area contributed by atoms with Crippen molar-refractivity contribution in [1.29, 1.82) is 0 Å². The molecular weight excluding hydrogens is 460 g/mol. The number of carboxylic acid groups (broad SMARTS) is 2. The maximum absolute atomic E-state index is 12.6. The van der Waals surface area contributed by atoms with Gasteiger partial charge in [-0.3, -0.25) is 24.0 Å². The van der Waals surface area contributed by atoms with Crippen LogP contribution in [0.5, 0.6) is 0 Å². The molecule has 0 aromatic rings. The van der Waals surface area contributed by atoms with E-state index < -0.39 is 66.2 Å². The van der Waals surface area contributed by atoms with Crippen LogP contribution in [0, 0.1) is 0 Å². The summed E-state index contributed by atoms with van der Waals surface area (Å²) in [5, 5.41) is 24.9. The highest BCUT2D eigenvalue weighted by Gasteiger charge is 2.30. The van der Waals surface area contributed by atoms with Gasteiger partial charge in [-0.2, -0.15) is 12.6 Å². The van der Waals surface area contributed by atoms with E-state index in [1.807, 2.05) is 0 Å². The second-order valence-corrected chi connectivity index (χ2v) is 7.56. The molecule has 0 aromatic heterocycles. The van der Waals surface area contributed by atoms with Crippen LogP contribution in [0.1, 0.15) is 38.5 Å². The summed E-state index contributed by atoms with van der Waals surface area (Å²) in [6, 6.07) is -5.29. The number of hydrogen-bond acceptors (Lipinski definition) is 9. The fraction of sp³-hybridized carbons (Fsp3) is 0.667. The molecule has 4 atom stereocenters. The summed E-state index contributed by atoms with van der Waals surface area (Å²) in [6.45, 7) is 0.352. The molecule has 0 aliphatic rings. The Kier molecular flexibility index (Phi) is 14.4. The third kappa shape index (κ3) is 12.6. The molecule has 0 rings (SSSR count). The minimum absolute atomic E-state index is 0.103. The molecule has 0 bridgehead atoms. The number of rotatable bonds is 17. The van der Waals surface area contributed by atoms with Crippen LogP contribution >= 0.6 is 12.6 Å². The average Bonchev–Trinajstić information content (AvgIpc) is 2.72. The first-order valence-electron chi connectivity index (χ1n) is 10.1. The van der Waals surface area contributed by atoms with Gasteiger partial charge in [-0.25, -0.2) is 4.79 Å². The summed E-state index contributed by atoms with van der Waals surface area (Å²) >= 11 is 3.96. The lowest BCUT2D eigenvalue weighted by Crippen LogP contribution is -2.57. The van der Waals surface area contributed by atoms with Gasteiger partial charge in [0.15, 0.2) is 0 Å². The van der Waals surface area contributed by atoms with Crippen molar-refractivity contribution in [2.75, 3.05) is 12.3 Å². The number of aliphatic carboxylic acids is 2. The van der Waals surface area contributed by atoms with Crippen LogP contribution in [0.2, 0.25) is 0 Å². The van der Waals surface area contributed by atoms with Gasteiger partial charge in [0.2, 0.25) is 23.6 Å². The Morgan fingerprint density at radius 1 is 0.818 bits per heavy atom. The highest BCUT2D eigenvalue weighted by atomic mass is 32.1. The summed E-state index contributed by atoms with van der Waals surface area (Å²) in [5.74, 6) is -6.23. The zero-order chi connectivity index (χ0) is 25.6. The maximum Gasteiger partial charge on any atom is 0.326 e. The van der Waals surface area contributed by atoms with Crippen molar-refractivity contribution in [2.45, 2.75) is 62.7 Å². The molecule has 14 nitrogen and oxygen atoms in total. The number of carbonyl (C=O) groups excluding carboxylic acids is 4. The Labute approximate surface area is 195 Å². The Morgan fingerprint density at radius 3 is 1.85 bits per heavy atom. The topological polar surface area (TPSA) is 257 Å². The summed E-state index contributed by atoms with van der Waals surface area (Å²) in [5.41, 5.74) is 15.9. The predicted octanol–water partition coefficient (Wildman–Crippen LogP) is -3.35. The molecule has 0 heterocycles. The highest BCUT2D eigenvalue weighted by Crippen LogP contribution is 2.05. The lowest BCUT2D eigenvalue weighted by atomic mass is 10.1. The van der Waals surface area contributed by atoms with Gasteiger partial charge in [-0.05, 0) is 32.2 Å². The number of amides is 4. The molecule has 0 aliphatic carbocycles. The Bertz CT molecular complexity index is 722. The normalized spacial score (nSPS) is 14.3. The summed E-state index contributed by atoms with van der Waals surface area (Å²) in [7, 11) is 0. The van der Waals surface area contributed by atoms with E-state index in [0.717, 1.165) is 0 Å². The van der Waals surface area contributed by atoms with Crippen LogP contribution < -0.4 is 33.2 Å². The van der Waals surface area contributed by atoms with Gasteiger partial charge >= 0.3 is 11.9 Å². The van der Waals surface area contributed by atoms with Crippen LogP contribution in [0.25, 0.3) is 0 Å². The van der Waals surface area contributed by atoms with Crippen LogP contribution in [-0.4, -0.2) is 82.2 Å². The van der Waals surface area contributed by atoms with E-state index in [-0.39, 0.29) is 25.0 Å². The number of thiol groups is 1. The van der Waals surface area contributed by atoms with Gasteiger partial charge in [-0.15, -0.1) is 0 Å². The van der Waals surface area contributed by atoms with Gasteiger partial charge in [-0.1, -0.05) is 0 Å². The molecule has 4 amide bonds. The Morgan fingerprint density at radius 2 is 1.36 bits per heavy atom. The number of carbonyl (C=O) groups is 6. The van der Waals surface area contributed by atoms with Gasteiger partial charge in [0.1, 0.15) is 18.1 Å². The van der Waals surface area contributed by atoms with Gasteiger partial charge in [0, 0.05) is 12.2 Å². The van der Waals surface area contributed by atoms with Crippen LogP contribution in [0.4, 0.5) is 0 Å². The molecule has 0 radical (unpaired) electrons. The molecule has 0 aliphatic heterocycles. The zero-order valence-corrected chi connectivity index (χ0v) is 18.9. The van der Waals surface area contributed by atoms with E-state index >= 15 is 0 Å². The van der Waals surface area contributed by atoms with E-state index in [0.29, 0.717) is 19.4 Å². The molecule has 188 valence electrons. The monoisotopic (exact) mass is 492 g/mol. The summed E-state index contributed by atoms with van der Waals surface area (Å²) in [4.78, 5) is 70.5.